The first kappa shape index (κ1) is 14.3. The van der Waals surface area contributed by atoms with Gasteiger partial charge in [0.25, 0.3) is 0 Å². The molecule has 4 nitrogen and oxygen atoms in total. The Labute approximate surface area is 111 Å². The number of hydrogen-bond donors (Lipinski definition) is 1. The second kappa shape index (κ2) is 7.43. The van der Waals surface area contributed by atoms with Crippen molar-refractivity contribution in [1.82, 2.24) is 10.2 Å². The first-order valence-electron chi connectivity index (χ1n) is 7.39. The maximum absolute atomic E-state index is 5.67. The number of rotatable bonds is 6. The second-order valence-corrected chi connectivity index (χ2v) is 6.01. The smallest absolute Gasteiger partial charge is 0.147 e. The van der Waals surface area contributed by atoms with Gasteiger partial charge in [-0.25, -0.2) is 0 Å². The van der Waals surface area contributed by atoms with E-state index >= 15 is 0 Å². The van der Waals surface area contributed by atoms with Crippen molar-refractivity contribution in [2.75, 3.05) is 39.6 Å². The molecule has 0 bridgehead atoms. The van der Waals surface area contributed by atoms with Gasteiger partial charge in [-0.3, -0.25) is 4.90 Å². The van der Waals surface area contributed by atoms with Crippen molar-refractivity contribution in [2.24, 2.45) is 5.92 Å². The van der Waals surface area contributed by atoms with Crippen LogP contribution in [0.3, 0.4) is 0 Å². The van der Waals surface area contributed by atoms with Gasteiger partial charge in [-0.05, 0) is 31.7 Å². The fraction of sp³-hybridized carbons (Fsp3) is 1.00. The number of hydrogen-bond acceptors (Lipinski definition) is 4. The van der Waals surface area contributed by atoms with Crippen molar-refractivity contribution in [3.8, 4) is 0 Å². The lowest BCUT2D eigenvalue weighted by Crippen LogP contribution is -2.44. The average molecular weight is 256 g/mol. The van der Waals surface area contributed by atoms with E-state index in [-0.39, 0.29) is 0 Å². The van der Waals surface area contributed by atoms with Crippen LogP contribution in [0.15, 0.2) is 0 Å². The average Bonchev–Trinajstić information content (AvgIpc) is 2.82. The van der Waals surface area contributed by atoms with Crippen LogP contribution in [0.25, 0.3) is 0 Å². The predicted molar refractivity (Wildman–Crippen MR) is 72.6 cm³/mol. The summed E-state index contributed by atoms with van der Waals surface area (Å²) in [6.07, 6.45) is 4.04. The van der Waals surface area contributed by atoms with Crippen LogP contribution in [0.1, 0.15) is 33.1 Å². The first-order chi connectivity index (χ1) is 8.74. The summed E-state index contributed by atoms with van der Waals surface area (Å²) in [6.45, 7) is 10.5. The van der Waals surface area contributed by atoms with Gasteiger partial charge in [0.2, 0.25) is 0 Å². The third-order valence-corrected chi connectivity index (χ3v) is 3.70. The van der Waals surface area contributed by atoms with Gasteiger partial charge in [0, 0.05) is 25.7 Å². The van der Waals surface area contributed by atoms with Gasteiger partial charge in [0.15, 0.2) is 0 Å². The molecule has 4 heteroatoms. The monoisotopic (exact) mass is 256 g/mol. The number of nitrogens with zero attached hydrogens (tertiary/aromatic N) is 1. The van der Waals surface area contributed by atoms with Gasteiger partial charge < -0.3 is 14.8 Å². The molecule has 18 heavy (non-hydrogen) atoms. The molecular formula is C14H28N2O2. The Balaban J connectivity index is 1.78. The molecule has 0 saturated carbocycles. The molecule has 0 aromatic heterocycles. The van der Waals surface area contributed by atoms with Crippen LogP contribution in [0.4, 0.5) is 0 Å². The molecule has 0 spiro atoms. The normalized spacial score (nSPS) is 29.3. The Morgan fingerprint density at radius 3 is 2.78 bits per heavy atom. The highest BCUT2D eigenvalue weighted by Crippen LogP contribution is 2.13. The number of nitrogens with one attached hydrogen (secondary N) is 1. The second-order valence-electron chi connectivity index (χ2n) is 6.01. The van der Waals surface area contributed by atoms with Crippen LogP contribution in [0.2, 0.25) is 0 Å². The fourth-order valence-electron chi connectivity index (χ4n) is 2.90. The molecule has 0 aromatic carbocycles. The minimum atomic E-state index is 0.360. The summed E-state index contributed by atoms with van der Waals surface area (Å²) < 4.78 is 10.9. The summed E-state index contributed by atoms with van der Waals surface area (Å²) in [7, 11) is 0. The van der Waals surface area contributed by atoms with E-state index in [1.807, 2.05) is 0 Å². The van der Waals surface area contributed by atoms with Gasteiger partial charge in [0.05, 0.1) is 12.7 Å². The quantitative estimate of drug-likeness (QED) is 0.780. The molecule has 0 amide bonds. The zero-order valence-electron chi connectivity index (χ0n) is 11.9. The Hall–Kier alpha value is -0.160. The van der Waals surface area contributed by atoms with E-state index < -0.39 is 0 Å². The van der Waals surface area contributed by atoms with E-state index in [0.29, 0.717) is 24.9 Å². The van der Waals surface area contributed by atoms with Crippen LogP contribution in [-0.2, 0) is 9.47 Å². The van der Waals surface area contributed by atoms with Gasteiger partial charge in [-0.15, -0.1) is 0 Å². The van der Waals surface area contributed by atoms with Crippen LogP contribution < -0.4 is 5.32 Å². The van der Waals surface area contributed by atoms with Crippen molar-refractivity contribution in [1.29, 1.82) is 0 Å². The van der Waals surface area contributed by atoms with E-state index in [4.69, 9.17) is 9.47 Å². The van der Waals surface area contributed by atoms with Crippen molar-refractivity contribution in [3.05, 3.63) is 0 Å². The molecule has 2 rings (SSSR count). The fourth-order valence-corrected chi connectivity index (χ4v) is 2.90. The van der Waals surface area contributed by atoms with E-state index in [2.05, 4.69) is 24.1 Å². The molecule has 0 aromatic rings. The molecule has 0 aliphatic carbocycles. The Kier molecular flexibility index (Phi) is 5.89. The van der Waals surface area contributed by atoms with Gasteiger partial charge in [0.1, 0.15) is 6.79 Å². The molecule has 0 radical (unpaired) electrons. The van der Waals surface area contributed by atoms with Crippen LogP contribution in [0.5, 0.6) is 0 Å². The minimum Gasteiger partial charge on any atom is -0.355 e. The lowest BCUT2D eigenvalue weighted by atomic mass is 10.1. The summed E-state index contributed by atoms with van der Waals surface area (Å²) in [5.74, 6) is 0.714. The van der Waals surface area contributed by atoms with Gasteiger partial charge in [-0.2, -0.15) is 0 Å². The molecule has 106 valence electrons. The van der Waals surface area contributed by atoms with Crippen molar-refractivity contribution >= 4 is 0 Å². The highest BCUT2D eigenvalue weighted by Gasteiger charge is 2.22. The summed E-state index contributed by atoms with van der Waals surface area (Å²) in [5, 5.41) is 3.59. The van der Waals surface area contributed by atoms with Crippen molar-refractivity contribution in [3.63, 3.8) is 0 Å². The summed E-state index contributed by atoms with van der Waals surface area (Å²) >= 11 is 0. The van der Waals surface area contributed by atoms with E-state index in [1.165, 1.54) is 32.5 Å². The topological polar surface area (TPSA) is 33.7 Å². The molecule has 2 aliphatic rings. The predicted octanol–water partition coefficient (Wildman–Crippen LogP) is 1.46. The van der Waals surface area contributed by atoms with Crippen LogP contribution in [-0.4, -0.2) is 56.6 Å². The largest absolute Gasteiger partial charge is 0.355 e. The summed E-state index contributed by atoms with van der Waals surface area (Å²) in [4.78, 5) is 2.57. The highest BCUT2D eigenvalue weighted by atomic mass is 16.7. The Morgan fingerprint density at radius 2 is 2.17 bits per heavy atom. The standard InChI is InChI=1S/C14H28N2O2/c1-12(2)8-16(9-13-4-3-6-15-13)10-14-5-7-17-11-18-14/h12-15H,3-11H2,1-2H3. The van der Waals surface area contributed by atoms with Crippen molar-refractivity contribution in [2.45, 2.75) is 45.3 Å². The summed E-state index contributed by atoms with van der Waals surface area (Å²) in [5.41, 5.74) is 0. The Morgan fingerprint density at radius 1 is 1.28 bits per heavy atom. The summed E-state index contributed by atoms with van der Waals surface area (Å²) in [6, 6.07) is 0.684. The molecule has 2 heterocycles. The molecule has 2 fully saturated rings. The van der Waals surface area contributed by atoms with Crippen LogP contribution >= 0.6 is 0 Å². The lowest BCUT2D eigenvalue weighted by Gasteiger charge is -2.32. The maximum Gasteiger partial charge on any atom is 0.147 e. The zero-order chi connectivity index (χ0) is 12.8. The SMILES string of the molecule is CC(C)CN(CC1CCCN1)CC1CCOCO1. The highest BCUT2D eigenvalue weighted by molar-refractivity contribution is 4.80. The third kappa shape index (κ3) is 4.84. The molecule has 2 unspecified atom stereocenters. The van der Waals surface area contributed by atoms with Gasteiger partial charge in [-0.1, -0.05) is 13.8 Å². The molecular weight excluding hydrogens is 228 g/mol. The van der Waals surface area contributed by atoms with Crippen molar-refractivity contribution < 1.29 is 9.47 Å². The molecule has 1 N–H and O–H groups in total. The third-order valence-electron chi connectivity index (χ3n) is 3.70. The van der Waals surface area contributed by atoms with E-state index in [0.717, 1.165) is 19.6 Å². The van der Waals surface area contributed by atoms with Gasteiger partial charge >= 0.3 is 0 Å². The van der Waals surface area contributed by atoms with E-state index in [1.54, 1.807) is 0 Å². The molecule has 2 aliphatic heterocycles. The van der Waals surface area contributed by atoms with Crippen LogP contribution in [0, 0.1) is 5.92 Å². The first-order valence-corrected chi connectivity index (χ1v) is 7.39. The molecule has 2 atom stereocenters. The van der Waals surface area contributed by atoms with E-state index in [9.17, 15) is 0 Å². The lowest BCUT2D eigenvalue weighted by molar-refractivity contribution is -0.145. The molecule has 2 saturated heterocycles. The number of ether oxygens (including phenoxy) is 2. The maximum atomic E-state index is 5.67. The minimum absolute atomic E-state index is 0.360. The zero-order valence-corrected chi connectivity index (χ0v) is 11.9. The Bertz CT molecular complexity index is 224.